The van der Waals surface area contributed by atoms with Gasteiger partial charge in [0.25, 0.3) is 0 Å². The molecule has 1 unspecified atom stereocenters. The van der Waals surface area contributed by atoms with Gasteiger partial charge in [-0.15, -0.1) is 0 Å². The van der Waals surface area contributed by atoms with Gasteiger partial charge >= 0.3 is 0 Å². The van der Waals surface area contributed by atoms with Crippen LogP contribution in [0.2, 0.25) is 0 Å². The highest BCUT2D eigenvalue weighted by Gasteiger charge is 2.29. The van der Waals surface area contributed by atoms with Crippen molar-refractivity contribution in [1.82, 2.24) is 9.97 Å². The Kier molecular flexibility index (Phi) is 4.34. The first-order chi connectivity index (χ1) is 9.78. The Morgan fingerprint density at radius 1 is 1.40 bits per heavy atom. The van der Waals surface area contributed by atoms with Gasteiger partial charge < -0.3 is 10.2 Å². The van der Waals surface area contributed by atoms with E-state index in [1.807, 2.05) is 11.8 Å². The average molecular weight is 292 g/mol. The molecular weight excluding hydrogens is 268 g/mol. The number of hydrogen-bond donors (Lipinski definition) is 1. The number of nitrogens with one attached hydrogen (secondary N) is 1. The second-order valence-corrected chi connectivity index (χ2v) is 6.94. The van der Waals surface area contributed by atoms with E-state index in [0.29, 0.717) is 12.0 Å². The van der Waals surface area contributed by atoms with Crippen molar-refractivity contribution in [2.75, 3.05) is 34.8 Å². The Labute approximate surface area is 125 Å². The largest absolute Gasteiger partial charge is 0.370 e. The topological polar surface area (TPSA) is 41.0 Å². The minimum Gasteiger partial charge on any atom is -0.370 e. The number of anilines is 2. The van der Waals surface area contributed by atoms with Gasteiger partial charge in [0.05, 0.1) is 0 Å². The first kappa shape index (κ1) is 14.0. The van der Waals surface area contributed by atoms with Crippen LogP contribution in [0.15, 0.2) is 6.07 Å². The first-order valence-corrected chi connectivity index (χ1v) is 8.90. The van der Waals surface area contributed by atoms with Crippen LogP contribution >= 0.6 is 11.8 Å². The molecule has 1 aliphatic heterocycles. The van der Waals surface area contributed by atoms with Crippen molar-refractivity contribution >= 4 is 23.4 Å². The van der Waals surface area contributed by atoms with Crippen LogP contribution in [0.4, 0.5) is 11.6 Å². The summed E-state index contributed by atoms with van der Waals surface area (Å²) in [4.78, 5) is 12.0. The van der Waals surface area contributed by atoms with Crippen LogP contribution in [0, 0.1) is 0 Å². The number of aromatic nitrogens is 2. The Balaban J connectivity index is 1.85. The monoisotopic (exact) mass is 292 g/mol. The summed E-state index contributed by atoms with van der Waals surface area (Å²) < 4.78 is 0. The summed E-state index contributed by atoms with van der Waals surface area (Å²) in [5.74, 6) is 6.17. The fourth-order valence-corrected chi connectivity index (χ4v) is 3.55. The van der Waals surface area contributed by atoms with E-state index in [1.54, 1.807) is 0 Å². The maximum absolute atomic E-state index is 4.84. The van der Waals surface area contributed by atoms with Crippen LogP contribution in [0.1, 0.15) is 44.9 Å². The van der Waals surface area contributed by atoms with E-state index in [-0.39, 0.29) is 0 Å². The Bertz CT molecular complexity index is 461. The molecule has 2 fully saturated rings. The third-order valence-corrected chi connectivity index (χ3v) is 5.08. The normalized spacial score (nSPS) is 22.9. The smallest absolute Gasteiger partial charge is 0.136 e. The van der Waals surface area contributed by atoms with Crippen LogP contribution in [0.25, 0.3) is 0 Å². The quantitative estimate of drug-likeness (QED) is 0.903. The predicted molar refractivity (Wildman–Crippen MR) is 86.9 cm³/mol. The Morgan fingerprint density at radius 2 is 2.25 bits per heavy atom. The van der Waals surface area contributed by atoms with Crippen molar-refractivity contribution in [3.63, 3.8) is 0 Å². The zero-order valence-corrected chi connectivity index (χ0v) is 13.2. The SMILES string of the molecule is CCCNc1cc(N2CCSCC2C)nc(C2CC2)n1. The molecule has 2 heterocycles. The van der Waals surface area contributed by atoms with Crippen LogP contribution in [0.5, 0.6) is 0 Å². The number of nitrogens with zero attached hydrogens (tertiary/aromatic N) is 3. The summed E-state index contributed by atoms with van der Waals surface area (Å²) in [5, 5.41) is 3.43. The second-order valence-electron chi connectivity index (χ2n) is 5.79. The van der Waals surface area contributed by atoms with Crippen molar-refractivity contribution in [1.29, 1.82) is 0 Å². The molecule has 1 atom stereocenters. The standard InChI is InChI=1S/C15H24N4S/c1-3-6-16-13-9-14(18-15(17-13)12-4-5-12)19-7-8-20-10-11(19)2/h9,11-12H,3-8,10H2,1-2H3,(H,16,17,18). The van der Waals surface area contributed by atoms with Gasteiger partial charge in [0.15, 0.2) is 0 Å². The molecule has 4 nitrogen and oxygen atoms in total. The van der Waals surface area contributed by atoms with Crippen molar-refractivity contribution in [3.8, 4) is 0 Å². The zero-order chi connectivity index (χ0) is 13.9. The molecule has 3 rings (SSSR count). The van der Waals surface area contributed by atoms with Crippen LogP contribution < -0.4 is 10.2 Å². The van der Waals surface area contributed by atoms with Crippen LogP contribution in [-0.4, -0.2) is 40.6 Å². The lowest BCUT2D eigenvalue weighted by Gasteiger charge is -2.34. The number of hydrogen-bond acceptors (Lipinski definition) is 5. The number of thioether (sulfide) groups is 1. The fraction of sp³-hybridized carbons (Fsp3) is 0.733. The average Bonchev–Trinajstić information content (AvgIpc) is 3.30. The van der Waals surface area contributed by atoms with Gasteiger partial charge in [0, 0.05) is 42.6 Å². The summed E-state index contributed by atoms with van der Waals surface area (Å²) in [5.41, 5.74) is 0. The van der Waals surface area contributed by atoms with E-state index < -0.39 is 0 Å². The molecular formula is C15H24N4S. The van der Waals surface area contributed by atoms with Gasteiger partial charge in [-0.05, 0) is 26.2 Å². The molecule has 1 aromatic rings. The van der Waals surface area contributed by atoms with E-state index in [9.17, 15) is 0 Å². The summed E-state index contributed by atoms with van der Waals surface area (Å²) in [7, 11) is 0. The molecule has 20 heavy (non-hydrogen) atoms. The molecule has 110 valence electrons. The zero-order valence-electron chi connectivity index (χ0n) is 12.4. The summed E-state index contributed by atoms with van der Waals surface area (Å²) in [6, 6.07) is 2.70. The van der Waals surface area contributed by atoms with Gasteiger partial charge in [0.1, 0.15) is 17.5 Å². The molecule has 1 saturated heterocycles. The maximum atomic E-state index is 4.84. The lowest BCUT2D eigenvalue weighted by Crippen LogP contribution is -2.41. The van der Waals surface area contributed by atoms with E-state index >= 15 is 0 Å². The van der Waals surface area contributed by atoms with E-state index in [4.69, 9.17) is 9.97 Å². The highest BCUT2D eigenvalue weighted by molar-refractivity contribution is 7.99. The molecule has 1 aliphatic carbocycles. The van der Waals surface area contributed by atoms with Gasteiger partial charge in [-0.2, -0.15) is 11.8 Å². The van der Waals surface area contributed by atoms with Crippen LogP contribution in [-0.2, 0) is 0 Å². The lowest BCUT2D eigenvalue weighted by atomic mass is 10.3. The van der Waals surface area contributed by atoms with Gasteiger partial charge in [-0.25, -0.2) is 9.97 Å². The molecule has 1 saturated carbocycles. The Hall–Kier alpha value is -0.970. The van der Waals surface area contributed by atoms with Gasteiger partial charge in [-0.3, -0.25) is 0 Å². The van der Waals surface area contributed by atoms with E-state index in [2.05, 4.69) is 30.1 Å². The van der Waals surface area contributed by atoms with E-state index in [1.165, 1.54) is 24.3 Å². The molecule has 0 radical (unpaired) electrons. The van der Waals surface area contributed by atoms with Crippen molar-refractivity contribution in [3.05, 3.63) is 11.9 Å². The molecule has 1 aromatic heterocycles. The first-order valence-electron chi connectivity index (χ1n) is 7.75. The molecule has 0 spiro atoms. The molecule has 5 heteroatoms. The highest BCUT2D eigenvalue weighted by atomic mass is 32.2. The van der Waals surface area contributed by atoms with Crippen molar-refractivity contribution in [2.24, 2.45) is 0 Å². The highest BCUT2D eigenvalue weighted by Crippen LogP contribution is 2.39. The van der Waals surface area contributed by atoms with Crippen LogP contribution in [0.3, 0.4) is 0 Å². The third-order valence-electron chi connectivity index (χ3n) is 3.89. The summed E-state index contributed by atoms with van der Waals surface area (Å²) >= 11 is 2.04. The van der Waals surface area contributed by atoms with E-state index in [0.717, 1.165) is 37.0 Å². The molecule has 0 bridgehead atoms. The van der Waals surface area contributed by atoms with Crippen molar-refractivity contribution < 1.29 is 0 Å². The summed E-state index contributed by atoms with van der Waals surface area (Å²) in [6.07, 6.45) is 3.62. The van der Waals surface area contributed by atoms with Crippen molar-refractivity contribution in [2.45, 2.75) is 45.1 Å². The summed E-state index contributed by atoms with van der Waals surface area (Å²) in [6.45, 7) is 6.55. The molecule has 0 amide bonds. The maximum Gasteiger partial charge on any atom is 0.136 e. The van der Waals surface area contributed by atoms with Gasteiger partial charge in [0.2, 0.25) is 0 Å². The predicted octanol–water partition coefficient (Wildman–Crippen LogP) is 3.12. The molecule has 2 aliphatic rings. The molecule has 0 aromatic carbocycles. The minimum atomic E-state index is 0.565. The second kappa shape index (κ2) is 6.20. The third kappa shape index (κ3) is 3.19. The lowest BCUT2D eigenvalue weighted by molar-refractivity contribution is 0.684. The number of rotatable bonds is 5. The fourth-order valence-electron chi connectivity index (χ4n) is 2.53. The van der Waals surface area contributed by atoms with Gasteiger partial charge in [-0.1, -0.05) is 6.92 Å². The Morgan fingerprint density at radius 3 is 2.95 bits per heavy atom. The minimum absolute atomic E-state index is 0.565. The molecule has 1 N–H and O–H groups in total.